The zero-order valence-corrected chi connectivity index (χ0v) is 10.8. The van der Waals surface area contributed by atoms with Gasteiger partial charge in [0.25, 0.3) is 0 Å². The second-order valence-electron chi connectivity index (χ2n) is 4.38. The maximum Gasteiger partial charge on any atom is 0.130 e. The van der Waals surface area contributed by atoms with E-state index in [1.54, 1.807) is 6.20 Å². The van der Waals surface area contributed by atoms with Gasteiger partial charge in [-0.15, -0.1) is 0 Å². The van der Waals surface area contributed by atoms with Crippen LogP contribution in [0.4, 0.5) is 0 Å². The molecule has 0 saturated carbocycles. The third-order valence-electron chi connectivity index (χ3n) is 2.89. The topological polar surface area (TPSA) is 48.1 Å². The molecule has 0 unspecified atom stereocenters. The third kappa shape index (κ3) is 2.87. The van der Waals surface area contributed by atoms with Crippen molar-refractivity contribution in [1.29, 1.82) is 0 Å². The molecule has 0 fully saturated rings. The molecule has 1 aromatic carbocycles. The summed E-state index contributed by atoms with van der Waals surface area (Å²) in [5, 5.41) is 0. The maximum atomic E-state index is 5.92. The molecule has 2 aromatic rings. The van der Waals surface area contributed by atoms with Gasteiger partial charge in [0, 0.05) is 17.8 Å². The first kappa shape index (κ1) is 12.6. The van der Waals surface area contributed by atoms with Crippen molar-refractivity contribution in [2.45, 2.75) is 26.5 Å². The SMILES string of the molecule is Cc1cccnc1COc1ccccc1[C@@H](C)N. The van der Waals surface area contributed by atoms with Crippen molar-refractivity contribution in [2.24, 2.45) is 5.73 Å². The summed E-state index contributed by atoms with van der Waals surface area (Å²) >= 11 is 0. The van der Waals surface area contributed by atoms with Gasteiger partial charge in [-0.05, 0) is 31.5 Å². The van der Waals surface area contributed by atoms with Gasteiger partial charge in [0.05, 0.1) is 5.69 Å². The molecule has 94 valence electrons. The smallest absolute Gasteiger partial charge is 0.130 e. The summed E-state index contributed by atoms with van der Waals surface area (Å²) in [7, 11) is 0. The Kier molecular flexibility index (Phi) is 3.95. The fraction of sp³-hybridized carbons (Fsp3) is 0.267. The first-order chi connectivity index (χ1) is 8.68. The molecule has 2 N–H and O–H groups in total. The van der Waals surface area contributed by atoms with Crippen LogP contribution in [0.2, 0.25) is 0 Å². The number of hydrogen-bond acceptors (Lipinski definition) is 3. The van der Waals surface area contributed by atoms with Crippen LogP contribution in [-0.2, 0) is 6.61 Å². The fourth-order valence-corrected chi connectivity index (χ4v) is 1.80. The first-order valence-electron chi connectivity index (χ1n) is 6.06. The molecule has 0 saturated heterocycles. The lowest BCUT2D eigenvalue weighted by molar-refractivity contribution is 0.296. The van der Waals surface area contributed by atoms with Crippen molar-refractivity contribution in [3.05, 3.63) is 59.4 Å². The summed E-state index contributed by atoms with van der Waals surface area (Å²) < 4.78 is 5.82. The van der Waals surface area contributed by atoms with Gasteiger partial charge in [-0.25, -0.2) is 0 Å². The number of para-hydroxylation sites is 1. The molecule has 3 nitrogen and oxygen atoms in total. The highest BCUT2D eigenvalue weighted by Gasteiger charge is 2.08. The number of benzene rings is 1. The van der Waals surface area contributed by atoms with Gasteiger partial charge < -0.3 is 10.5 Å². The minimum absolute atomic E-state index is 0.0361. The molecule has 18 heavy (non-hydrogen) atoms. The molecule has 1 atom stereocenters. The quantitative estimate of drug-likeness (QED) is 0.896. The van der Waals surface area contributed by atoms with Crippen LogP contribution < -0.4 is 10.5 Å². The van der Waals surface area contributed by atoms with Crippen LogP contribution in [0.5, 0.6) is 5.75 Å². The molecule has 2 rings (SSSR count). The predicted octanol–water partition coefficient (Wildman–Crippen LogP) is 2.99. The highest BCUT2D eigenvalue weighted by atomic mass is 16.5. The summed E-state index contributed by atoms with van der Waals surface area (Å²) in [6, 6.07) is 11.8. The monoisotopic (exact) mass is 242 g/mol. The number of hydrogen-bond donors (Lipinski definition) is 1. The Hall–Kier alpha value is -1.87. The van der Waals surface area contributed by atoms with E-state index in [2.05, 4.69) is 4.98 Å². The Bertz CT molecular complexity index is 523. The van der Waals surface area contributed by atoms with Crippen LogP contribution in [-0.4, -0.2) is 4.98 Å². The van der Waals surface area contributed by atoms with Gasteiger partial charge in [0.2, 0.25) is 0 Å². The Morgan fingerprint density at radius 3 is 2.72 bits per heavy atom. The van der Waals surface area contributed by atoms with Crippen LogP contribution in [0.15, 0.2) is 42.6 Å². The Balaban J connectivity index is 2.14. The average Bonchev–Trinajstić information content (AvgIpc) is 2.38. The lowest BCUT2D eigenvalue weighted by atomic mass is 10.1. The molecule has 1 heterocycles. The van der Waals surface area contributed by atoms with Crippen molar-refractivity contribution in [3.8, 4) is 5.75 Å². The minimum atomic E-state index is -0.0361. The molecule has 0 amide bonds. The first-order valence-corrected chi connectivity index (χ1v) is 6.06. The average molecular weight is 242 g/mol. The number of aromatic nitrogens is 1. The van der Waals surface area contributed by atoms with Crippen LogP contribution >= 0.6 is 0 Å². The van der Waals surface area contributed by atoms with Crippen LogP contribution in [0.3, 0.4) is 0 Å². The van der Waals surface area contributed by atoms with E-state index in [4.69, 9.17) is 10.5 Å². The van der Waals surface area contributed by atoms with Gasteiger partial charge in [-0.2, -0.15) is 0 Å². The summed E-state index contributed by atoms with van der Waals surface area (Å²) in [5.74, 6) is 0.831. The van der Waals surface area contributed by atoms with E-state index in [-0.39, 0.29) is 6.04 Å². The Morgan fingerprint density at radius 1 is 1.22 bits per heavy atom. The molecular weight excluding hydrogens is 224 g/mol. The van der Waals surface area contributed by atoms with Crippen LogP contribution in [0.25, 0.3) is 0 Å². The number of pyridine rings is 1. The highest BCUT2D eigenvalue weighted by Crippen LogP contribution is 2.24. The van der Waals surface area contributed by atoms with Crippen LogP contribution in [0, 0.1) is 6.92 Å². The number of aryl methyl sites for hydroxylation is 1. The number of nitrogens with two attached hydrogens (primary N) is 1. The second kappa shape index (κ2) is 5.65. The van der Waals surface area contributed by atoms with E-state index in [1.807, 2.05) is 50.2 Å². The molecule has 0 bridgehead atoms. The van der Waals surface area contributed by atoms with Crippen molar-refractivity contribution in [1.82, 2.24) is 4.98 Å². The maximum absolute atomic E-state index is 5.92. The largest absolute Gasteiger partial charge is 0.487 e. The molecule has 1 aromatic heterocycles. The standard InChI is InChI=1S/C15H18N2O/c1-11-6-5-9-17-14(11)10-18-15-8-4-3-7-13(15)12(2)16/h3-9,12H,10,16H2,1-2H3/t12-/m1/s1. The number of nitrogens with zero attached hydrogens (tertiary/aromatic N) is 1. The van der Waals surface area contributed by atoms with E-state index in [9.17, 15) is 0 Å². The fourth-order valence-electron chi connectivity index (χ4n) is 1.80. The lowest BCUT2D eigenvalue weighted by Crippen LogP contribution is -2.08. The minimum Gasteiger partial charge on any atom is -0.487 e. The van der Waals surface area contributed by atoms with Crippen molar-refractivity contribution in [2.75, 3.05) is 0 Å². The number of ether oxygens (including phenoxy) is 1. The normalized spacial score (nSPS) is 12.2. The molecule has 0 spiro atoms. The van der Waals surface area contributed by atoms with Gasteiger partial charge in [-0.3, -0.25) is 4.98 Å². The molecule has 0 radical (unpaired) electrons. The van der Waals surface area contributed by atoms with Gasteiger partial charge in [-0.1, -0.05) is 24.3 Å². The summed E-state index contributed by atoms with van der Waals surface area (Å²) in [6.07, 6.45) is 1.78. The Morgan fingerprint density at radius 2 is 2.00 bits per heavy atom. The lowest BCUT2D eigenvalue weighted by Gasteiger charge is -2.14. The molecular formula is C15H18N2O. The van der Waals surface area contributed by atoms with Gasteiger partial charge >= 0.3 is 0 Å². The Labute approximate surface area is 108 Å². The molecule has 0 aliphatic heterocycles. The summed E-state index contributed by atoms with van der Waals surface area (Å²) in [5.41, 5.74) is 9.03. The van der Waals surface area contributed by atoms with E-state index < -0.39 is 0 Å². The molecule has 3 heteroatoms. The second-order valence-corrected chi connectivity index (χ2v) is 4.38. The van der Waals surface area contributed by atoms with E-state index in [0.29, 0.717) is 6.61 Å². The van der Waals surface area contributed by atoms with Crippen LogP contribution in [0.1, 0.15) is 29.8 Å². The predicted molar refractivity (Wildman–Crippen MR) is 72.4 cm³/mol. The van der Waals surface area contributed by atoms with Gasteiger partial charge in [0.1, 0.15) is 12.4 Å². The zero-order chi connectivity index (χ0) is 13.0. The van der Waals surface area contributed by atoms with Crippen molar-refractivity contribution in [3.63, 3.8) is 0 Å². The molecule has 0 aliphatic carbocycles. The van der Waals surface area contributed by atoms with Crippen molar-refractivity contribution < 1.29 is 4.74 Å². The van der Waals surface area contributed by atoms with E-state index >= 15 is 0 Å². The van der Waals surface area contributed by atoms with E-state index in [0.717, 1.165) is 22.6 Å². The highest BCUT2D eigenvalue weighted by molar-refractivity contribution is 5.35. The summed E-state index contributed by atoms with van der Waals surface area (Å²) in [6.45, 7) is 4.45. The number of rotatable bonds is 4. The van der Waals surface area contributed by atoms with E-state index in [1.165, 1.54) is 0 Å². The molecule has 0 aliphatic rings. The third-order valence-corrected chi connectivity index (χ3v) is 2.89. The van der Waals surface area contributed by atoms with Crippen molar-refractivity contribution >= 4 is 0 Å². The zero-order valence-electron chi connectivity index (χ0n) is 10.8. The van der Waals surface area contributed by atoms with Gasteiger partial charge in [0.15, 0.2) is 0 Å². The summed E-state index contributed by atoms with van der Waals surface area (Å²) in [4.78, 5) is 4.31.